The van der Waals surface area contributed by atoms with Crippen LogP contribution >= 0.6 is 11.6 Å². The summed E-state index contributed by atoms with van der Waals surface area (Å²) < 4.78 is 15.3. The molecule has 4 nitrogen and oxygen atoms in total. The molecule has 96 valence electrons. The van der Waals surface area contributed by atoms with E-state index in [1.165, 1.54) is 10.7 Å². The standard InChI is InChI=1S/C12H14ClFN4/c1-2-5-15-7-10-8-16-17-18(10)12-4-3-9(13)6-11(12)14/h3-4,6,8,15H,2,5,7H2,1H3. The molecule has 0 aliphatic rings. The number of nitrogens with zero attached hydrogens (tertiary/aromatic N) is 3. The summed E-state index contributed by atoms with van der Waals surface area (Å²) in [5.74, 6) is -0.412. The first kappa shape index (κ1) is 13.0. The second kappa shape index (κ2) is 5.93. The number of hydrogen-bond acceptors (Lipinski definition) is 3. The van der Waals surface area contributed by atoms with Crippen LogP contribution in [0.25, 0.3) is 5.69 Å². The minimum Gasteiger partial charge on any atom is -0.311 e. The van der Waals surface area contributed by atoms with Crippen LogP contribution in [0.5, 0.6) is 0 Å². The van der Waals surface area contributed by atoms with Crippen molar-refractivity contribution in [3.8, 4) is 5.69 Å². The third kappa shape index (κ3) is 2.86. The quantitative estimate of drug-likeness (QED) is 0.848. The van der Waals surface area contributed by atoms with Gasteiger partial charge in [-0.05, 0) is 31.2 Å². The molecule has 0 saturated heterocycles. The normalized spacial score (nSPS) is 10.8. The van der Waals surface area contributed by atoms with E-state index in [0.29, 0.717) is 17.3 Å². The minimum atomic E-state index is -0.412. The lowest BCUT2D eigenvalue weighted by atomic mass is 10.3. The van der Waals surface area contributed by atoms with Crippen LogP contribution in [0.3, 0.4) is 0 Å². The summed E-state index contributed by atoms with van der Waals surface area (Å²) in [6.45, 7) is 3.58. The number of benzene rings is 1. The molecule has 1 aromatic carbocycles. The highest BCUT2D eigenvalue weighted by Gasteiger charge is 2.10. The molecule has 0 spiro atoms. The number of nitrogens with one attached hydrogen (secondary N) is 1. The van der Waals surface area contributed by atoms with Gasteiger partial charge in [0, 0.05) is 11.6 Å². The van der Waals surface area contributed by atoms with Gasteiger partial charge in [0.25, 0.3) is 0 Å². The zero-order chi connectivity index (χ0) is 13.0. The van der Waals surface area contributed by atoms with Crippen molar-refractivity contribution in [1.29, 1.82) is 0 Å². The third-order valence-corrected chi connectivity index (χ3v) is 2.73. The molecule has 18 heavy (non-hydrogen) atoms. The zero-order valence-corrected chi connectivity index (χ0v) is 10.8. The summed E-state index contributed by atoms with van der Waals surface area (Å²) in [5, 5.41) is 11.3. The van der Waals surface area contributed by atoms with Crippen LogP contribution in [0.4, 0.5) is 4.39 Å². The van der Waals surface area contributed by atoms with E-state index in [0.717, 1.165) is 18.7 Å². The molecular weight excluding hydrogens is 255 g/mol. The first-order chi connectivity index (χ1) is 8.72. The highest BCUT2D eigenvalue weighted by molar-refractivity contribution is 6.30. The molecule has 0 amide bonds. The maximum absolute atomic E-state index is 13.8. The Morgan fingerprint density at radius 3 is 3.00 bits per heavy atom. The van der Waals surface area contributed by atoms with Gasteiger partial charge in [0.2, 0.25) is 0 Å². The largest absolute Gasteiger partial charge is 0.311 e. The van der Waals surface area contributed by atoms with Crippen molar-refractivity contribution in [3.63, 3.8) is 0 Å². The van der Waals surface area contributed by atoms with Gasteiger partial charge in [-0.25, -0.2) is 9.07 Å². The Bertz CT molecular complexity index is 527. The van der Waals surface area contributed by atoms with E-state index in [2.05, 4.69) is 22.6 Å². The van der Waals surface area contributed by atoms with Crippen LogP contribution in [-0.4, -0.2) is 21.5 Å². The molecule has 0 atom stereocenters. The molecular formula is C12H14ClFN4. The molecule has 2 rings (SSSR count). The number of hydrogen-bond donors (Lipinski definition) is 1. The lowest BCUT2D eigenvalue weighted by Crippen LogP contribution is -2.17. The number of aromatic nitrogens is 3. The van der Waals surface area contributed by atoms with Crippen molar-refractivity contribution in [2.24, 2.45) is 0 Å². The maximum Gasteiger partial charge on any atom is 0.150 e. The fourth-order valence-electron chi connectivity index (χ4n) is 1.63. The number of rotatable bonds is 5. The van der Waals surface area contributed by atoms with E-state index in [1.54, 1.807) is 18.3 Å². The van der Waals surface area contributed by atoms with Gasteiger partial charge in [-0.1, -0.05) is 23.7 Å². The second-order valence-electron chi connectivity index (χ2n) is 3.91. The fourth-order valence-corrected chi connectivity index (χ4v) is 1.78. The van der Waals surface area contributed by atoms with Crippen LogP contribution in [0.15, 0.2) is 24.4 Å². The summed E-state index contributed by atoms with van der Waals surface area (Å²) in [4.78, 5) is 0. The van der Waals surface area contributed by atoms with Gasteiger partial charge in [0.1, 0.15) is 11.5 Å². The Kier molecular flexibility index (Phi) is 4.28. The van der Waals surface area contributed by atoms with E-state index in [-0.39, 0.29) is 0 Å². The summed E-state index contributed by atoms with van der Waals surface area (Å²) in [6.07, 6.45) is 2.66. The highest BCUT2D eigenvalue weighted by Crippen LogP contribution is 2.18. The summed E-state index contributed by atoms with van der Waals surface area (Å²) >= 11 is 5.72. The molecule has 6 heteroatoms. The summed E-state index contributed by atoms with van der Waals surface area (Å²) in [6, 6.07) is 4.49. The summed E-state index contributed by atoms with van der Waals surface area (Å²) in [5.41, 5.74) is 1.16. The molecule has 0 aliphatic heterocycles. The molecule has 0 aliphatic carbocycles. The zero-order valence-electron chi connectivity index (χ0n) is 10.0. The van der Waals surface area contributed by atoms with Gasteiger partial charge in [0.15, 0.2) is 0 Å². The summed E-state index contributed by atoms with van der Waals surface area (Å²) in [7, 11) is 0. The molecule has 0 saturated carbocycles. The van der Waals surface area contributed by atoms with Crippen molar-refractivity contribution in [2.45, 2.75) is 19.9 Å². The van der Waals surface area contributed by atoms with Gasteiger partial charge >= 0.3 is 0 Å². The highest BCUT2D eigenvalue weighted by atomic mass is 35.5. The predicted molar refractivity (Wildman–Crippen MR) is 68.3 cm³/mol. The van der Waals surface area contributed by atoms with Crippen molar-refractivity contribution in [2.75, 3.05) is 6.54 Å². The van der Waals surface area contributed by atoms with Crippen molar-refractivity contribution >= 4 is 11.6 Å². The van der Waals surface area contributed by atoms with E-state index in [1.807, 2.05) is 0 Å². The Balaban J connectivity index is 2.25. The third-order valence-electron chi connectivity index (χ3n) is 2.49. The lowest BCUT2D eigenvalue weighted by Gasteiger charge is -2.08. The van der Waals surface area contributed by atoms with Crippen LogP contribution in [0.1, 0.15) is 19.0 Å². The molecule has 0 unspecified atom stereocenters. The van der Waals surface area contributed by atoms with Gasteiger partial charge in [-0.2, -0.15) is 0 Å². The lowest BCUT2D eigenvalue weighted by molar-refractivity contribution is 0.592. The molecule has 0 bridgehead atoms. The Morgan fingerprint density at radius 1 is 1.44 bits per heavy atom. The Hall–Kier alpha value is -1.46. The molecule has 1 heterocycles. The van der Waals surface area contributed by atoms with Crippen molar-refractivity contribution < 1.29 is 4.39 Å². The first-order valence-electron chi connectivity index (χ1n) is 5.78. The second-order valence-corrected chi connectivity index (χ2v) is 4.35. The van der Waals surface area contributed by atoms with Crippen LogP contribution < -0.4 is 5.32 Å². The van der Waals surface area contributed by atoms with Crippen LogP contribution in [0, 0.1) is 5.82 Å². The maximum atomic E-state index is 13.8. The topological polar surface area (TPSA) is 42.7 Å². The van der Waals surface area contributed by atoms with Gasteiger partial charge in [0.05, 0.1) is 11.9 Å². The fraction of sp³-hybridized carbons (Fsp3) is 0.333. The first-order valence-corrected chi connectivity index (χ1v) is 6.16. The Labute approximate surface area is 110 Å². The van der Waals surface area contributed by atoms with E-state index in [9.17, 15) is 4.39 Å². The predicted octanol–water partition coefficient (Wildman–Crippen LogP) is 2.56. The van der Waals surface area contributed by atoms with Crippen molar-refractivity contribution in [3.05, 3.63) is 40.9 Å². The van der Waals surface area contributed by atoms with Gasteiger partial charge < -0.3 is 5.32 Å². The molecule has 1 N–H and O–H groups in total. The molecule has 1 aromatic heterocycles. The van der Waals surface area contributed by atoms with E-state index >= 15 is 0 Å². The van der Waals surface area contributed by atoms with Crippen LogP contribution in [0.2, 0.25) is 5.02 Å². The van der Waals surface area contributed by atoms with Crippen molar-refractivity contribution in [1.82, 2.24) is 20.3 Å². The monoisotopic (exact) mass is 268 g/mol. The van der Waals surface area contributed by atoms with Crippen LogP contribution in [-0.2, 0) is 6.54 Å². The van der Waals surface area contributed by atoms with Gasteiger partial charge in [-0.15, -0.1) is 5.10 Å². The Morgan fingerprint density at radius 2 is 2.28 bits per heavy atom. The molecule has 2 aromatic rings. The van der Waals surface area contributed by atoms with Gasteiger partial charge in [-0.3, -0.25) is 0 Å². The minimum absolute atomic E-state index is 0.352. The smallest absolute Gasteiger partial charge is 0.150 e. The molecule has 0 radical (unpaired) electrons. The van der Waals surface area contributed by atoms with E-state index < -0.39 is 5.82 Å². The number of halogens is 2. The SMILES string of the molecule is CCCNCc1cnnn1-c1ccc(Cl)cc1F. The average Bonchev–Trinajstić information content (AvgIpc) is 2.78. The molecule has 0 fully saturated rings. The average molecular weight is 269 g/mol. The van der Waals surface area contributed by atoms with E-state index in [4.69, 9.17) is 11.6 Å².